The highest BCUT2D eigenvalue weighted by molar-refractivity contribution is 5.79. The zero-order valence-corrected chi connectivity index (χ0v) is 19.4. The molecule has 1 aliphatic carbocycles. The van der Waals surface area contributed by atoms with Crippen LogP contribution in [0.4, 0.5) is 0 Å². The maximum atomic E-state index is 11.7. The molecular formula is C24H39N5O2. The topological polar surface area (TPSA) is 78.0 Å². The van der Waals surface area contributed by atoms with E-state index in [-0.39, 0.29) is 18.1 Å². The van der Waals surface area contributed by atoms with Crippen molar-refractivity contribution in [1.82, 2.24) is 20.9 Å². The van der Waals surface area contributed by atoms with E-state index in [0.29, 0.717) is 6.04 Å². The van der Waals surface area contributed by atoms with Gasteiger partial charge in [-0.05, 0) is 76.7 Å². The molecule has 0 bridgehead atoms. The van der Waals surface area contributed by atoms with Crippen LogP contribution in [-0.2, 0) is 11.2 Å². The molecule has 7 nitrogen and oxygen atoms in total. The fraction of sp³-hybridized carbons (Fsp3) is 0.667. The van der Waals surface area contributed by atoms with Crippen molar-refractivity contribution in [3.05, 3.63) is 29.8 Å². The largest absolute Gasteiger partial charge is 0.484 e. The lowest BCUT2D eigenvalue weighted by Gasteiger charge is -2.41. The molecule has 0 atom stereocenters. The first-order valence-corrected chi connectivity index (χ1v) is 11.7. The Labute approximate surface area is 187 Å². The Morgan fingerprint density at radius 1 is 1.13 bits per heavy atom. The fourth-order valence-corrected chi connectivity index (χ4v) is 3.86. The van der Waals surface area contributed by atoms with E-state index in [0.717, 1.165) is 44.1 Å². The minimum atomic E-state index is -0.0434. The maximum Gasteiger partial charge on any atom is 0.258 e. The number of ether oxygens (including phenoxy) is 1. The molecule has 3 rings (SSSR count). The minimum absolute atomic E-state index is 0.0434. The summed E-state index contributed by atoms with van der Waals surface area (Å²) in [5.41, 5.74) is 1.33. The van der Waals surface area contributed by atoms with Crippen LogP contribution in [0.2, 0.25) is 0 Å². The van der Waals surface area contributed by atoms with E-state index in [4.69, 9.17) is 4.74 Å². The van der Waals surface area contributed by atoms with Crippen molar-refractivity contribution in [3.63, 3.8) is 0 Å². The monoisotopic (exact) mass is 429 g/mol. The summed E-state index contributed by atoms with van der Waals surface area (Å²) in [5.74, 6) is 1.52. The molecule has 0 aromatic heterocycles. The number of guanidine groups is 1. The zero-order chi connectivity index (χ0) is 22.1. The number of carbonyl (C=O) groups excluding carboxylic acids is 1. The van der Waals surface area contributed by atoms with Gasteiger partial charge in [-0.1, -0.05) is 18.6 Å². The first kappa shape index (κ1) is 23.4. The van der Waals surface area contributed by atoms with E-state index >= 15 is 0 Å². The molecule has 172 valence electrons. The first-order valence-electron chi connectivity index (χ1n) is 11.7. The number of hydrogen-bond acceptors (Lipinski definition) is 4. The van der Waals surface area contributed by atoms with Gasteiger partial charge < -0.3 is 20.7 Å². The molecule has 1 aliphatic heterocycles. The molecule has 7 heteroatoms. The van der Waals surface area contributed by atoms with Crippen LogP contribution in [0, 0.1) is 0 Å². The van der Waals surface area contributed by atoms with E-state index in [1.54, 1.807) is 0 Å². The Bertz CT molecular complexity index is 722. The van der Waals surface area contributed by atoms with Crippen LogP contribution in [0.5, 0.6) is 5.75 Å². The van der Waals surface area contributed by atoms with Crippen LogP contribution in [0.25, 0.3) is 0 Å². The van der Waals surface area contributed by atoms with Crippen LogP contribution in [0.15, 0.2) is 29.3 Å². The number of nitrogens with zero attached hydrogens (tertiary/aromatic N) is 2. The van der Waals surface area contributed by atoms with Gasteiger partial charge in [0.15, 0.2) is 12.6 Å². The quantitative estimate of drug-likeness (QED) is 0.393. The van der Waals surface area contributed by atoms with Gasteiger partial charge in [0.25, 0.3) is 5.91 Å². The van der Waals surface area contributed by atoms with Gasteiger partial charge in [0.2, 0.25) is 0 Å². The van der Waals surface area contributed by atoms with Crippen molar-refractivity contribution in [2.24, 2.45) is 4.99 Å². The molecule has 31 heavy (non-hydrogen) atoms. The summed E-state index contributed by atoms with van der Waals surface area (Å²) < 4.78 is 5.56. The number of nitrogens with one attached hydrogen (secondary N) is 3. The standard InChI is InChI=1S/C24H39N5O2/c1-24(2,29-15-5-4-6-16-29)18-27-23(25-3)26-14-13-19-7-11-21(12-8-19)31-17-22(30)28-20-9-10-20/h7-8,11-12,20H,4-6,9-10,13-18H2,1-3H3,(H,28,30)(H2,25,26,27). The van der Waals surface area contributed by atoms with E-state index in [1.807, 2.05) is 31.3 Å². The van der Waals surface area contributed by atoms with Gasteiger partial charge in [0.05, 0.1) is 0 Å². The summed E-state index contributed by atoms with van der Waals surface area (Å²) in [7, 11) is 1.81. The number of likely N-dealkylation sites (tertiary alicyclic amines) is 1. The number of piperidine rings is 1. The molecule has 1 amide bonds. The molecule has 1 saturated carbocycles. The van der Waals surface area contributed by atoms with Crippen LogP contribution in [0.3, 0.4) is 0 Å². The average Bonchev–Trinajstić information content (AvgIpc) is 3.60. The van der Waals surface area contributed by atoms with Gasteiger partial charge in [-0.3, -0.25) is 14.7 Å². The van der Waals surface area contributed by atoms with Crippen molar-refractivity contribution >= 4 is 11.9 Å². The second-order valence-corrected chi connectivity index (χ2v) is 9.24. The van der Waals surface area contributed by atoms with E-state index in [2.05, 4.69) is 39.7 Å². The van der Waals surface area contributed by atoms with Gasteiger partial charge in [-0.25, -0.2) is 0 Å². The molecule has 1 saturated heterocycles. The van der Waals surface area contributed by atoms with Gasteiger partial charge in [-0.15, -0.1) is 0 Å². The number of rotatable bonds is 10. The Morgan fingerprint density at radius 2 is 1.84 bits per heavy atom. The normalized spacial score (nSPS) is 17.8. The Morgan fingerprint density at radius 3 is 2.48 bits per heavy atom. The van der Waals surface area contributed by atoms with E-state index in [1.165, 1.54) is 37.9 Å². The molecule has 0 unspecified atom stereocenters. The minimum Gasteiger partial charge on any atom is -0.484 e. The molecule has 0 spiro atoms. The summed E-state index contributed by atoms with van der Waals surface area (Å²) in [6.07, 6.45) is 7.02. The lowest BCUT2D eigenvalue weighted by molar-refractivity contribution is -0.123. The average molecular weight is 430 g/mol. The van der Waals surface area contributed by atoms with Gasteiger partial charge >= 0.3 is 0 Å². The van der Waals surface area contributed by atoms with E-state index < -0.39 is 0 Å². The molecule has 1 aromatic carbocycles. The number of carbonyl (C=O) groups is 1. The van der Waals surface area contributed by atoms with Gasteiger partial charge in [0, 0.05) is 31.7 Å². The number of hydrogen-bond donors (Lipinski definition) is 3. The van der Waals surface area contributed by atoms with E-state index in [9.17, 15) is 4.79 Å². The van der Waals surface area contributed by atoms with Crippen molar-refractivity contribution in [2.75, 3.05) is 39.8 Å². The summed E-state index contributed by atoms with van der Waals surface area (Å²) in [4.78, 5) is 18.7. The predicted octanol–water partition coefficient (Wildman–Crippen LogP) is 2.32. The van der Waals surface area contributed by atoms with Crippen molar-refractivity contribution in [2.45, 2.75) is 64.0 Å². The zero-order valence-electron chi connectivity index (χ0n) is 19.4. The predicted molar refractivity (Wildman–Crippen MR) is 126 cm³/mol. The molecule has 2 fully saturated rings. The highest BCUT2D eigenvalue weighted by Gasteiger charge is 2.28. The fourth-order valence-electron chi connectivity index (χ4n) is 3.86. The van der Waals surface area contributed by atoms with Crippen molar-refractivity contribution in [3.8, 4) is 5.75 Å². The second-order valence-electron chi connectivity index (χ2n) is 9.24. The second kappa shape index (κ2) is 11.4. The Kier molecular flexibility index (Phi) is 8.58. The van der Waals surface area contributed by atoms with Crippen LogP contribution >= 0.6 is 0 Å². The SMILES string of the molecule is CN=C(NCCc1ccc(OCC(=O)NC2CC2)cc1)NCC(C)(C)N1CCCCC1. The molecule has 1 aromatic rings. The number of aliphatic imine (C=N–C) groups is 1. The Balaban J connectivity index is 1.34. The maximum absolute atomic E-state index is 11.7. The Hall–Kier alpha value is -2.28. The molecule has 0 radical (unpaired) electrons. The van der Waals surface area contributed by atoms with Crippen LogP contribution < -0.4 is 20.7 Å². The third-order valence-corrected chi connectivity index (χ3v) is 6.07. The lowest BCUT2D eigenvalue weighted by atomic mass is 9.98. The summed E-state index contributed by atoms with van der Waals surface area (Å²) in [6.45, 7) is 8.72. The number of amides is 1. The highest BCUT2D eigenvalue weighted by Crippen LogP contribution is 2.20. The van der Waals surface area contributed by atoms with Crippen LogP contribution in [-0.4, -0.2) is 68.2 Å². The third kappa shape index (κ3) is 8.05. The summed E-state index contributed by atoms with van der Waals surface area (Å²) in [5, 5.41) is 9.82. The molecular weight excluding hydrogens is 390 g/mol. The van der Waals surface area contributed by atoms with Crippen LogP contribution in [0.1, 0.15) is 51.5 Å². The molecule has 3 N–H and O–H groups in total. The first-order chi connectivity index (χ1) is 15.0. The molecule has 1 heterocycles. The third-order valence-electron chi connectivity index (χ3n) is 6.07. The number of benzene rings is 1. The van der Waals surface area contributed by atoms with Gasteiger partial charge in [-0.2, -0.15) is 0 Å². The lowest BCUT2D eigenvalue weighted by Crippen LogP contribution is -2.55. The smallest absolute Gasteiger partial charge is 0.258 e. The molecule has 2 aliphatic rings. The summed E-state index contributed by atoms with van der Waals surface area (Å²) >= 11 is 0. The van der Waals surface area contributed by atoms with Crippen molar-refractivity contribution < 1.29 is 9.53 Å². The summed E-state index contributed by atoms with van der Waals surface area (Å²) in [6, 6.07) is 8.31. The van der Waals surface area contributed by atoms with Gasteiger partial charge in [0.1, 0.15) is 5.75 Å². The highest BCUT2D eigenvalue weighted by atomic mass is 16.5. The van der Waals surface area contributed by atoms with Crippen molar-refractivity contribution in [1.29, 1.82) is 0 Å².